The van der Waals surface area contributed by atoms with Crippen LogP contribution in [0.15, 0.2) is 0 Å². The third-order valence-corrected chi connectivity index (χ3v) is 28.9. The van der Waals surface area contributed by atoms with Crippen molar-refractivity contribution in [1.82, 2.24) is 55.1 Å². The first-order chi connectivity index (χ1) is 93.0. The molecule has 29 heteroatoms. The van der Waals surface area contributed by atoms with Crippen molar-refractivity contribution in [2.24, 2.45) is 0 Å². The van der Waals surface area contributed by atoms with Gasteiger partial charge in [-0.1, -0.05) is 507 Å². The van der Waals surface area contributed by atoms with E-state index in [4.69, 9.17) is 66.7 Å². The van der Waals surface area contributed by atoms with Crippen LogP contribution in [-0.2, 0) is 0 Å². The van der Waals surface area contributed by atoms with Crippen LogP contribution in [0.1, 0.15) is 488 Å². The summed E-state index contributed by atoms with van der Waals surface area (Å²) >= 11 is 0. The number of nitrogens with zero attached hydrogens (tertiary/aromatic N) is 8. The number of hydrogen-bond acceptors (Lipinski definition) is 11. The van der Waals surface area contributed by atoms with Crippen molar-refractivity contribution in [1.29, 1.82) is 66.7 Å². The van der Waals surface area contributed by atoms with E-state index in [0.717, 1.165) is 363 Å². The highest BCUT2D eigenvalue weighted by atomic mass is 28.2. The summed E-state index contributed by atoms with van der Waals surface area (Å²) in [6.07, 6.45) is 54.7. The molecule has 0 aromatic rings. The summed E-state index contributed by atoms with van der Waals surface area (Å²) in [4.78, 5) is 17.7. The first kappa shape index (κ1) is 98.5. The maximum absolute atomic E-state index is 7.25. The summed E-state index contributed by atoms with van der Waals surface area (Å²) < 4.78 is 383. The van der Waals surface area contributed by atoms with Crippen LogP contribution in [0.5, 0.6) is 0 Å². The zero-order chi connectivity index (χ0) is 162. The van der Waals surface area contributed by atoms with Crippen LogP contribution in [0.4, 0.5) is 0 Å². The van der Waals surface area contributed by atoms with Gasteiger partial charge in [-0.3, -0.25) is 0 Å². The van der Waals surface area contributed by atoms with Gasteiger partial charge in [-0.2, -0.15) is 0 Å². The molecule has 3 N–H and O–H groups in total. The molecule has 0 saturated carbocycles. The van der Waals surface area contributed by atoms with Gasteiger partial charge in [-0.05, 0) is 273 Å². The molecule has 0 aliphatic carbocycles. The number of nitrogens with one attached hydrogen (secondary N) is 3. The van der Waals surface area contributed by atoms with Crippen LogP contribution in [0.3, 0.4) is 0 Å². The molecule has 0 spiro atoms. The molecule has 0 aliphatic rings. The Labute approximate surface area is 1080 Å². The fraction of sp³-hybridized carbons (Fsp3) is 1.00. The van der Waals surface area contributed by atoms with Gasteiger partial charge in [-0.15, -0.1) is 0 Å². The number of unbranched alkanes of at least 4 members (excludes halogenated alkanes) is 30. The molecule has 0 heterocycles. The van der Waals surface area contributed by atoms with Crippen LogP contribution >= 0.6 is 0 Å². The van der Waals surface area contributed by atoms with Gasteiger partial charge in [0.1, 0.15) is 0 Å². The van der Waals surface area contributed by atoms with Crippen molar-refractivity contribution >= 4 is 181 Å². The van der Waals surface area contributed by atoms with Crippen LogP contribution in [-0.4, -0.2) is 483 Å². The van der Waals surface area contributed by atoms with E-state index in [1.54, 1.807) is 0 Å². The Morgan fingerprint density at radius 3 is 0.651 bits per heavy atom. The average molecular weight is 2530 g/mol. The van der Waals surface area contributed by atoms with E-state index in [2.05, 4.69) is 196 Å². The molecule has 149 heavy (non-hydrogen) atoms. The second-order valence-corrected chi connectivity index (χ2v) is 45.9. The molecular weight excluding hydrogens is 2100 g/mol. The van der Waals surface area contributed by atoms with Crippen LogP contribution in [0.25, 0.3) is 0 Å². The minimum absolute atomic E-state index is 0.347. The number of rotatable bonds is 105. The predicted octanol–water partition coefficient (Wildman–Crippen LogP) is 15.4. The summed E-state index contributed by atoms with van der Waals surface area (Å²) in [5.74, 6) is 0. The molecule has 0 fully saturated rings. The monoisotopic (exact) mass is 2530 g/mol. The van der Waals surface area contributed by atoms with Gasteiger partial charge < -0.3 is 55.1 Å². The topological polar surface area (TPSA) is 62.0 Å². The first-order valence-electron chi connectivity index (χ1n) is 89.9. The lowest BCUT2D eigenvalue weighted by Crippen LogP contribution is -2.26. The average Bonchev–Trinajstić information content (AvgIpc) is 0.963. The van der Waals surface area contributed by atoms with Crippen molar-refractivity contribution in [3.05, 3.63) is 0 Å². The first-order valence-corrected chi connectivity index (χ1v) is 75.6. The molecule has 0 rings (SSSR count). The number of hydrogen-bond donors (Lipinski definition) is 3. The summed E-state index contributed by atoms with van der Waals surface area (Å²) in [5.41, 5.74) is 0. The lowest BCUT2D eigenvalue weighted by molar-refractivity contribution is 0.275. The highest BCUT2D eigenvalue weighted by Crippen LogP contribution is 2.11. The van der Waals surface area contributed by atoms with Crippen LogP contribution in [0.2, 0.25) is 96.7 Å². The standard InChI is InChI=1S/2C9H23NSi.C9H22Si.2C8H21NSi.2C8H20Si.C7H19NSi.C7H18Si.3C6H17NSi.C6H16Si.2C5H15NSi.C5H14Si.C4H13NSi.C4H12Si/c1-3-10(4-2)8-6-5-7-9-11;1-3-6-10(7-4-2)8-5-9-11;1-2-3-4-5-6-7-8-9-10;1-3-9(4-2)7-5-6-8-10;1-3-5-9(6-4-2)7-8-10;2*1-2-3-4-5-6-7-8-9;1-3-5-8(7-9)6-4-2;1-2-3-4-5-6-7-8;1-3-7(2)5-4-6-8;1-3-7(4-2)5-6-8;1-2-7-5-3-4-6-8;1-2-3-4-5-6-7;1-3-6(4-2)5-7;1-2-3-6-4-5-7;1-2-3-4-5-6;1-2-5-3-4-6;1-2-3-4-5/h2*3-9H2,1-2,11H3;2-9H2,1,10H3;2*3-8H2,1-2,10H3;2*2-8H2,1,9H3;3-7H2,1-2,9H3;2-7H2,1,8H3;2*3-6H2,1-2,8H3;7H,2-6H2,1,8H3;2-6H2,1,7H3;3-5H2,1-2,7H3;6H,2-5H2,1,7H3;2-5H2,1,6H3;5H,2-4H2,1,6H3;2-4H2,1,5H3/i2*11T3;3*10T3;3*9T3;4*8T3;3*7T3;2*6T3;5T3. The van der Waals surface area contributed by atoms with E-state index in [0.29, 0.717) is 122 Å². The van der Waals surface area contributed by atoms with Gasteiger partial charge in [0.15, 0.2) is 0 Å². The predicted molar refractivity (Wildman–Crippen MR) is 795 cm³/mol. The van der Waals surface area contributed by atoms with Gasteiger partial charge in [0.25, 0.3) is 0 Å². The van der Waals surface area contributed by atoms with Gasteiger partial charge in [0.2, 0.25) is 0 Å². The molecule has 0 aromatic heterocycles. The van der Waals surface area contributed by atoms with Gasteiger partial charge in [0, 0.05) is 247 Å². The van der Waals surface area contributed by atoms with E-state index in [9.17, 15) is 0 Å². The molecule has 0 bridgehead atoms. The summed E-state index contributed by atoms with van der Waals surface area (Å²) in [5, 5.41) is 9.21. The summed E-state index contributed by atoms with van der Waals surface area (Å²) in [7, 11) is -52.2. The Morgan fingerprint density at radius 2 is 0.362 bits per heavy atom. The molecule has 0 atom stereocenters. The summed E-state index contributed by atoms with van der Waals surface area (Å²) in [6.45, 7) is 78.4. The largest absolute Gasteiger partial charge is 0.317 e. The van der Waals surface area contributed by atoms with Gasteiger partial charge in [-0.25, -0.2) is 0 Å². The Hall–Kier alpha value is 3.46. The fourth-order valence-electron chi connectivity index (χ4n) is 13.1. The Balaban J connectivity index is -0.000000112. The normalized spacial score (nSPS) is 17.0. The minimum Gasteiger partial charge on any atom is -0.317 e. The zero-order valence-electron chi connectivity index (χ0n) is 161. The van der Waals surface area contributed by atoms with Crippen LogP contribution in [0, 0.1) is 0 Å². The van der Waals surface area contributed by atoms with E-state index < -0.39 is 181 Å². The second-order valence-electron chi connectivity index (χ2n) is 37.2. The Kier molecular flexibility index (Phi) is 146. The van der Waals surface area contributed by atoms with E-state index in [-0.39, 0.29) is 0 Å². The maximum Gasteiger partial charge on any atom is 0.0205 e. The van der Waals surface area contributed by atoms with Crippen molar-refractivity contribution < 1.29 is 0 Å². The third-order valence-electron chi connectivity index (χ3n) is 22.9. The minimum atomic E-state index is -3.12. The Bertz CT molecular complexity index is 3600. The SMILES string of the molecule is [3H][Si]([3H])([3H])CCCC.[3H][Si]([3H])([3H])CCCCC.[3H][Si]([3H])([3H])CCCCCC.[3H][Si]([3H])([3H])CCCCCCC.[3H][Si]([3H])([3H])CCCCCCCC.[3H][Si]([3H])([3H])CCCCCCCC.[3H][Si]([3H])([3H])CCCCCCCCC.[3H][Si]([3H])([3H])CCCCCN(CC)CC.[3H][Si]([3H])([3H])CCCCN(CC)CC.[3H][Si]([3H])([3H])CCCCNCC.[3H][Si]([3H])([3H])CCCN(C)CC.[3H][Si]([3H])([3H])CCCN(CCC)CCC.[3H][Si]([3H])([3H])CCN(CC)CC.[3H][Si]([3H])([3H])CCN(CCC)CCC.[3H][Si]([3H])([3H])CCNCC.[3H][Si]([3H])([3H])CCNCCC.[3H][Si]([3H])([3H])CN(CC)CC.[3H][Si]([3H])([3H])CN(CCC)CCC. The Morgan fingerprint density at radius 1 is 0.141 bits per heavy atom. The third kappa shape index (κ3) is 263. The highest BCUT2D eigenvalue weighted by Gasteiger charge is 2.04. The lowest BCUT2D eigenvalue weighted by atomic mass is 10.1. The molecule has 0 aliphatic heterocycles. The van der Waals surface area contributed by atoms with E-state index >= 15 is 0 Å². The molecule has 0 saturated heterocycles. The molecule has 0 unspecified atom stereocenters. The van der Waals surface area contributed by atoms with Gasteiger partial charge >= 0.3 is 0 Å². The van der Waals surface area contributed by atoms with E-state index in [1.165, 1.54) is 116 Å². The molecule has 930 valence electrons. The van der Waals surface area contributed by atoms with E-state index in [1.807, 2.05) is 39.6 Å². The van der Waals surface area contributed by atoms with Crippen molar-refractivity contribution in [3.63, 3.8) is 0 Å². The van der Waals surface area contributed by atoms with Crippen molar-refractivity contribution in [2.75, 3.05) is 196 Å². The molecule has 0 amide bonds. The molecular formula is C120H323N11Si18. The smallest absolute Gasteiger partial charge is 0.0205 e. The highest BCUT2D eigenvalue weighted by molar-refractivity contribution is 6.12. The van der Waals surface area contributed by atoms with Crippen molar-refractivity contribution in [2.45, 2.75) is 584 Å². The van der Waals surface area contributed by atoms with Crippen LogP contribution < -0.4 is 16.0 Å². The maximum atomic E-state index is 7.25. The lowest BCUT2D eigenvalue weighted by Gasteiger charge is -2.20. The zero-order valence-corrected chi connectivity index (χ0v) is 125. The summed E-state index contributed by atoms with van der Waals surface area (Å²) in [6, 6.07) is 7.79. The van der Waals surface area contributed by atoms with Gasteiger partial charge in [0.05, 0.1) is 0 Å². The fourth-order valence-corrected chi connectivity index (χ4v) is 17.7. The molecule has 11 nitrogen and oxygen atoms in total. The molecule has 0 radical (unpaired) electrons. The quantitative estimate of drug-likeness (QED) is 0.0403. The second kappa shape index (κ2) is 221. The molecule has 0 aromatic carbocycles. The van der Waals surface area contributed by atoms with Crippen molar-refractivity contribution in [3.8, 4) is 0 Å².